The van der Waals surface area contributed by atoms with Crippen LogP contribution in [0.4, 0.5) is 0 Å². The fourth-order valence-electron chi connectivity index (χ4n) is 4.03. The lowest BCUT2D eigenvalue weighted by Gasteiger charge is -2.38. The standard InChI is InChI=1S/C18H25NO2/c1-12-9-10-19(2)17(11-12)15-7-8-16(18(20)21)14-6-4-3-5-13(14)15/h7-8,12,17H,3-6,9-11H2,1-2H3,(H,20,21)/t12-,17-/m1/s1. The van der Waals surface area contributed by atoms with E-state index in [1.807, 2.05) is 6.07 Å². The highest BCUT2D eigenvalue weighted by Gasteiger charge is 2.29. The number of carboxylic acids is 1. The molecule has 1 aromatic rings. The molecule has 0 aromatic heterocycles. The molecule has 0 saturated carbocycles. The number of aromatic carboxylic acids is 1. The summed E-state index contributed by atoms with van der Waals surface area (Å²) in [4.78, 5) is 13.9. The van der Waals surface area contributed by atoms with Crippen LogP contribution in [-0.2, 0) is 12.8 Å². The van der Waals surface area contributed by atoms with Gasteiger partial charge < -0.3 is 5.11 Å². The second kappa shape index (κ2) is 5.80. The highest BCUT2D eigenvalue weighted by Crippen LogP contribution is 2.38. The smallest absolute Gasteiger partial charge is 0.335 e. The lowest BCUT2D eigenvalue weighted by Crippen LogP contribution is -2.34. The topological polar surface area (TPSA) is 40.5 Å². The number of hydrogen-bond acceptors (Lipinski definition) is 2. The summed E-state index contributed by atoms with van der Waals surface area (Å²) in [6.45, 7) is 3.47. The van der Waals surface area contributed by atoms with Crippen LogP contribution < -0.4 is 0 Å². The summed E-state index contributed by atoms with van der Waals surface area (Å²) in [5, 5.41) is 9.43. The molecule has 1 aliphatic carbocycles. The molecule has 1 aromatic carbocycles. The summed E-state index contributed by atoms with van der Waals surface area (Å²) < 4.78 is 0. The molecule has 0 amide bonds. The maximum absolute atomic E-state index is 11.5. The van der Waals surface area contributed by atoms with Gasteiger partial charge in [0.05, 0.1) is 5.56 Å². The normalized spacial score (nSPS) is 26.4. The van der Waals surface area contributed by atoms with Gasteiger partial charge in [0.25, 0.3) is 0 Å². The molecule has 2 atom stereocenters. The molecule has 3 rings (SSSR count). The van der Waals surface area contributed by atoms with Crippen LogP contribution >= 0.6 is 0 Å². The number of benzene rings is 1. The zero-order valence-corrected chi connectivity index (χ0v) is 13.1. The molecule has 1 saturated heterocycles. The largest absolute Gasteiger partial charge is 0.478 e. The maximum Gasteiger partial charge on any atom is 0.335 e. The SMILES string of the molecule is C[C@@H]1CCN(C)[C@@H](c2ccc(C(=O)O)c3c2CCCC3)C1. The molecule has 1 aliphatic heterocycles. The van der Waals surface area contributed by atoms with E-state index < -0.39 is 5.97 Å². The molecule has 3 nitrogen and oxygen atoms in total. The van der Waals surface area contributed by atoms with E-state index in [1.54, 1.807) is 0 Å². The highest BCUT2D eigenvalue weighted by molar-refractivity contribution is 5.90. The number of nitrogens with zero attached hydrogens (tertiary/aromatic N) is 1. The average molecular weight is 287 g/mol. The molecule has 3 heteroatoms. The minimum Gasteiger partial charge on any atom is -0.478 e. The molecule has 1 N–H and O–H groups in total. The number of hydrogen-bond donors (Lipinski definition) is 1. The Morgan fingerprint density at radius 1 is 1.24 bits per heavy atom. The van der Waals surface area contributed by atoms with Crippen LogP contribution in [0, 0.1) is 5.92 Å². The minimum atomic E-state index is -0.773. The van der Waals surface area contributed by atoms with Gasteiger partial charge in [-0.2, -0.15) is 0 Å². The number of likely N-dealkylation sites (tertiary alicyclic amines) is 1. The van der Waals surface area contributed by atoms with Gasteiger partial charge in [0, 0.05) is 6.04 Å². The van der Waals surface area contributed by atoms with E-state index >= 15 is 0 Å². The molecule has 0 bridgehead atoms. The van der Waals surface area contributed by atoms with Gasteiger partial charge in [-0.3, -0.25) is 4.90 Å². The van der Waals surface area contributed by atoms with Crippen LogP contribution in [-0.4, -0.2) is 29.6 Å². The van der Waals surface area contributed by atoms with Gasteiger partial charge in [-0.05, 0) is 80.8 Å². The summed E-state index contributed by atoms with van der Waals surface area (Å²) in [6, 6.07) is 4.39. The van der Waals surface area contributed by atoms with Crippen LogP contribution in [0.25, 0.3) is 0 Å². The summed E-state index contributed by atoms with van der Waals surface area (Å²) in [6.07, 6.45) is 6.74. The van der Waals surface area contributed by atoms with E-state index in [0.29, 0.717) is 11.6 Å². The van der Waals surface area contributed by atoms with Gasteiger partial charge in [0.1, 0.15) is 0 Å². The minimum absolute atomic E-state index is 0.462. The monoisotopic (exact) mass is 287 g/mol. The van der Waals surface area contributed by atoms with E-state index in [4.69, 9.17) is 0 Å². The Hall–Kier alpha value is -1.35. The first kappa shape index (κ1) is 14.6. The summed E-state index contributed by atoms with van der Waals surface area (Å²) in [7, 11) is 2.21. The third-order valence-electron chi connectivity index (χ3n) is 5.29. The molecule has 0 radical (unpaired) electrons. The van der Waals surface area contributed by atoms with Gasteiger partial charge in [-0.25, -0.2) is 4.79 Å². The van der Waals surface area contributed by atoms with Crippen molar-refractivity contribution in [1.82, 2.24) is 4.90 Å². The lowest BCUT2D eigenvalue weighted by atomic mass is 9.80. The third-order valence-corrected chi connectivity index (χ3v) is 5.29. The number of fused-ring (bicyclic) bond motifs is 1. The number of carbonyl (C=O) groups is 1. The predicted octanol–water partition coefficient (Wildman–Crippen LogP) is 3.67. The van der Waals surface area contributed by atoms with Crippen LogP contribution in [0.15, 0.2) is 12.1 Å². The maximum atomic E-state index is 11.5. The van der Waals surface area contributed by atoms with Gasteiger partial charge in [-0.1, -0.05) is 13.0 Å². The van der Waals surface area contributed by atoms with Crippen molar-refractivity contribution in [3.8, 4) is 0 Å². The Morgan fingerprint density at radius 3 is 2.67 bits per heavy atom. The molecule has 2 aliphatic rings. The van der Waals surface area contributed by atoms with Crippen LogP contribution in [0.1, 0.15) is 65.7 Å². The van der Waals surface area contributed by atoms with E-state index in [9.17, 15) is 9.90 Å². The zero-order chi connectivity index (χ0) is 15.0. The molecule has 1 fully saturated rings. The summed E-state index contributed by atoms with van der Waals surface area (Å²) >= 11 is 0. The molecule has 21 heavy (non-hydrogen) atoms. The fraction of sp³-hybridized carbons (Fsp3) is 0.611. The van der Waals surface area contributed by atoms with Gasteiger partial charge in [-0.15, -0.1) is 0 Å². The Labute approximate surface area is 127 Å². The molecular weight excluding hydrogens is 262 g/mol. The quantitative estimate of drug-likeness (QED) is 0.902. The molecule has 0 unspecified atom stereocenters. The molecule has 0 spiro atoms. The lowest BCUT2D eigenvalue weighted by molar-refractivity contribution is 0.0695. The van der Waals surface area contributed by atoms with Crippen molar-refractivity contribution in [3.05, 3.63) is 34.4 Å². The fourth-order valence-corrected chi connectivity index (χ4v) is 4.03. The van der Waals surface area contributed by atoms with E-state index in [0.717, 1.165) is 37.3 Å². The Bertz CT molecular complexity index is 552. The molecule has 114 valence electrons. The van der Waals surface area contributed by atoms with Gasteiger partial charge in [0.2, 0.25) is 0 Å². The summed E-state index contributed by atoms with van der Waals surface area (Å²) in [5.74, 6) is -0.0188. The molecule has 1 heterocycles. The van der Waals surface area contributed by atoms with Crippen LogP contribution in [0.5, 0.6) is 0 Å². The van der Waals surface area contributed by atoms with Crippen molar-refractivity contribution in [3.63, 3.8) is 0 Å². The number of piperidine rings is 1. The van der Waals surface area contributed by atoms with Gasteiger partial charge >= 0.3 is 5.97 Å². The van der Waals surface area contributed by atoms with Crippen molar-refractivity contribution in [2.24, 2.45) is 5.92 Å². The Balaban J connectivity index is 2.04. The van der Waals surface area contributed by atoms with E-state index in [-0.39, 0.29) is 0 Å². The van der Waals surface area contributed by atoms with Crippen molar-refractivity contribution in [2.45, 2.75) is 51.5 Å². The van der Waals surface area contributed by atoms with Crippen molar-refractivity contribution >= 4 is 5.97 Å². The second-order valence-corrected chi connectivity index (χ2v) is 6.80. The van der Waals surface area contributed by atoms with Crippen molar-refractivity contribution in [1.29, 1.82) is 0 Å². The van der Waals surface area contributed by atoms with E-state index in [1.165, 1.54) is 30.4 Å². The Kier molecular flexibility index (Phi) is 4.03. The number of carboxylic acid groups (broad SMARTS) is 1. The molecular formula is C18H25NO2. The highest BCUT2D eigenvalue weighted by atomic mass is 16.4. The first-order valence-corrected chi connectivity index (χ1v) is 8.16. The van der Waals surface area contributed by atoms with Crippen LogP contribution in [0.3, 0.4) is 0 Å². The average Bonchev–Trinajstić information content (AvgIpc) is 2.48. The zero-order valence-electron chi connectivity index (χ0n) is 13.1. The predicted molar refractivity (Wildman–Crippen MR) is 83.8 cm³/mol. The van der Waals surface area contributed by atoms with Crippen molar-refractivity contribution in [2.75, 3.05) is 13.6 Å². The van der Waals surface area contributed by atoms with E-state index in [2.05, 4.69) is 24.9 Å². The third kappa shape index (κ3) is 2.71. The first-order valence-electron chi connectivity index (χ1n) is 8.16. The van der Waals surface area contributed by atoms with Crippen molar-refractivity contribution < 1.29 is 9.90 Å². The van der Waals surface area contributed by atoms with Gasteiger partial charge in [0.15, 0.2) is 0 Å². The number of rotatable bonds is 2. The first-order chi connectivity index (χ1) is 10.1. The van der Waals surface area contributed by atoms with Crippen LogP contribution in [0.2, 0.25) is 0 Å². The Morgan fingerprint density at radius 2 is 1.95 bits per heavy atom. The summed E-state index contributed by atoms with van der Waals surface area (Å²) in [5.41, 5.74) is 4.37. The second-order valence-electron chi connectivity index (χ2n) is 6.80.